The number of benzene rings is 2. The highest BCUT2D eigenvalue weighted by Crippen LogP contribution is 2.29. The number of hydrogen-bond acceptors (Lipinski definition) is 7. The summed E-state index contributed by atoms with van der Waals surface area (Å²) in [6.45, 7) is 1.57. The molecule has 0 aliphatic heterocycles. The molecule has 4 aromatic rings. The third-order valence-electron chi connectivity index (χ3n) is 4.69. The van der Waals surface area contributed by atoms with E-state index in [0.717, 1.165) is 33.5 Å². The summed E-state index contributed by atoms with van der Waals surface area (Å²) in [4.78, 5) is 23.9. The molecule has 2 aromatic carbocycles. The first kappa shape index (κ1) is 21.7. The summed E-state index contributed by atoms with van der Waals surface area (Å²) < 4.78 is 5.90. The molecule has 0 unspecified atom stereocenters. The van der Waals surface area contributed by atoms with Gasteiger partial charge in [0.25, 0.3) is 0 Å². The molecule has 164 valence electrons. The van der Waals surface area contributed by atoms with Gasteiger partial charge in [0.05, 0.1) is 18.3 Å². The lowest BCUT2D eigenvalue weighted by molar-refractivity contribution is -0.123. The van der Waals surface area contributed by atoms with Crippen LogP contribution in [-0.2, 0) is 4.79 Å². The molecule has 0 saturated heterocycles. The van der Waals surface area contributed by atoms with Crippen LogP contribution in [0.2, 0.25) is 0 Å². The Morgan fingerprint density at radius 1 is 1.15 bits per heavy atom. The Balaban J connectivity index is 1.54. The molecule has 0 atom stereocenters. The van der Waals surface area contributed by atoms with Crippen molar-refractivity contribution in [3.63, 3.8) is 0 Å². The van der Waals surface area contributed by atoms with E-state index < -0.39 is 12.5 Å². The highest BCUT2D eigenvalue weighted by Gasteiger charge is 2.08. The van der Waals surface area contributed by atoms with Crippen molar-refractivity contribution in [3.05, 3.63) is 78.4 Å². The second-order valence-electron chi connectivity index (χ2n) is 7.09. The number of pyridine rings is 1. The predicted molar refractivity (Wildman–Crippen MR) is 125 cm³/mol. The number of carbonyl (C=O) groups is 1. The van der Waals surface area contributed by atoms with Crippen molar-refractivity contribution in [2.45, 2.75) is 6.92 Å². The van der Waals surface area contributed by atoms with Gasteiger partial charge in [0.1, 0.15) is 30.3 Å². The monoisotopic (exact) mass is 439 g/mol. The second kappa shape index (κ2) is 10.2. The fourth-order valence-electron chi connectivity index (χ4n) is 3.09. The minimum atomic E-state index is -0.555. The Bertz CT molecular complexity index is 1350. The molecule has 8 heteroatoms. The molecule has 33 heavy (non-hydrogen) atoms. The lowest BCUT2D eigenvalue weighted by Gasteiger charge is -2.12. The number of rotatable bonds is 6. The molecule has 0 radical (unpaired) electrons. The van der Waals surface area contributed by atoms with Gasteiger partial charge in [-0.05, 0) is 61.0 Å². The van der Waals surface area contributed by atoms with Crippen molar-refractivity contribution in [2.24, 2.45) is 0 Å². The van der Waals surface area contributed by atoms with Crippen LogP contribution in [0.5, 0.6) is 11.5 Å². The average Bonchev–Trinajstić information content (AvgIpc) is 2.84. The number of aryl methyl sites for hydroxylation is 1. The number of nitrogens with one attached hydrogen (secondary N) is 2. The van der Waals surface area contributed by atoms with Gasteiger partial charge in [0.2, 0.25) is 5.91 Å². The van der Waals surface area contributed by atoms with Gasteiger partial charge in [-0.15, -0.1) is 0 Å². The molecular weight excluding hydrogens is 418 g/mol. The van der Waals surface area contributed by atoms with Crippen LogP contribution in [-0.4, -0.2) is 39.1 Å². The van der Waals surface area contributed by atoms with Crippen molar-refractivity contribution < 1.29 is 14.6 Å². The average molecular weight is 439 g/mol. The second-order valence-corrected chi connectivity index (χ2v) is 7.09. The van der Waals surface area contributed by atoms with Crippen LogP contribution in [0.1, 0.15) is 11.1 Å². The van der Waals surface area contributed by atoms with Gasteiger partial charge in [-0.25, -0.2) is 9.97 Å². The molecule has 4 rings (SSSR count). The number of amides is 1. The van der Waals surface area contributed by atoms with E-state index in [0.29, 0.717) is 11.6 Å². The van der Waals surface area contributed by atoms with Crippen LogP contribution >= 0.6 is 0 Å². The molecule has 3 N–H and O–H groups in total. The number of aliphatic hydroxyl groups excluding tert-OH is 1. The number of anilines is 2. The summed E-state index contributed by atoms with van der Waals surface area (Å²) in [6.07, 6.45) is 4.87. The predicted octanol–water partition coefficient (Wildman–Crippen LogP) is 3.33. The number of hydrogen-bond donors (Lipinski definition) is 3. The van der Waals surface area contributed by atoms with Crippen molar-refractivity contribution in [1.29, 1.82) is 0 Å². The molecule has 0 fully saturated rings. The van der Waals surface area contributed by atoms with E-state index in [2.05, 4.69) is 37.4 Å². The quantitative estimate of drug-likeness (QED) is 0.395. The Hall–Kier alpha value is -4.48. The van der Waals surface area contributed by atoms with E-state index in [1.807, 2.05) is 55.5 Å². The summed E-state index contributed by atoms with van der Waals surface area (Å²) in [5.41, 5.74) is 3.35. The SMILES string of the molecule is Cc1cc(Nc2ncnc3ccc(C#CCNC(=O)CO)cc23)ccc1Oc1cccnc1. The molecule has 2 heterocycles. The number of fused-ring (bicyclic) bond motifs is 1. The fraction of sp³-hybridized carbons (Fsp3) is 0.120. The molecule has 0 bridgehead atoms. The lowest BCUT2D eigenvalue weighted by Crippen LogP contribution is -2.26. The molecule has 2 aromatic heterocycles. The van der Waals surface area contributed by atoms with Crippen LogP contribution in [0.4, 0.5) is 11.5 Å². The summed E-state index contributed by atoms with van der Waals surface area (Å²) in [5.74, 6) is 7.46. The Morgan fingerprint density at radius 2 is 2.06 bits per heavy atom. The molecule has 0 aliphatic rings. The van der Waals surface area contributed by atoms with Crippen LogP contribution in [0.25, 0.3) is 10.9 Å². The normalized spacial score (nSPS) is 10.2. The third kappa shape index (κ3) is 5.61. The summed E-state index contributed by atoms with van der Waals surface area (Å²) >= 11 is 0. The number of ether oxygens (including phenoxy) is 1. The Labute approximate surface area is 190 Å². The lowest BCUT2D eigenvalue weighted by atomic mass is 10.1. The Morgan fingerprint density at radius 3 is 2.85 bits per heavy atom. The fourth-order valence-corrected chi connectivity index (χ4v) is 3.09. The smallest absolute Gasteiger partial charge is 0.246 e. The van der Waals surface area contributed by atoms with E-state index >= 15 is 0 Å². The zero-order valence-electron chi connectivity index (χ0n) is 17.9. The van der Waals surface area contributed by atoms with Crippen LogP contribution in [0.3, 0.4) is 0 Å². The molecule has 0 saturated carbocycles. The first-order chi connectivity index (χ1) is 16.1. The maximum atomic E-state index is 11.1. The highest BCUT2D eigenvalue weighted by atomic mass is 16.5. The van der Waals surface area contributed by atoms with Crippen LogP contribution in [0, 0.1) is 18.8 Å². The van der Waals surface area contributed by atoms with E-state index in [4.69, 9.17) is 9.84 Å². The number of nitrogens with zero attached hydrogens (tertiary/aromatic N) is 3. The maximum Gasteiger partial charge on any atom is 0.246 e. The topological polar surface area (TPSA) is 109 Å². The van der Waals surface area contributed by atoms with Crippen molar-refractivity contribution in [2.75, 3.05) is 18.5 Å². The zero-order chi connectivity index (χ0) is 23.0. The first-order valence-corrected chi connectivity index (χ1v) is 10.2. The summed E-state index contributed by atoms with van der Waals surface area (Å²) in [6, 6.07) is 15.1. The molecule has 8 nitrogen and oxygen atoms in total. The van der Waals surface area contributed by atoms with Crippen LogP contribution in [0.15, 0.2) is 67.3 Å². The van der Waals surface area contributed by atoms with Gasteiger partial charge < -0.3 is 20.5 Å². The summed E-state index contributed by atoms with van der Waals surface area (Å²) in [7, 11) is 0. The number of aliphatic hydroxyl groups is 1. The van der Waals surface area contributed by atoms with Gasteiger partial charge in [0.15, 0.2) is 0 Å². The van der Waals surface area contributed by atoms with Crippen molar-refractivity contribution >= 4 is 28.3 Å². The van der Waals surface area contributed by atoms with Gasteiger partial charge >= 0.3 is 0 Å². The van der Waals surface area contributed by atoms with Crippen LogP contribution < -0.4 is 15.4 Å². The molecule has 0 spiro atoms. The largest absolute Gasteiger partial charge is 0.455 e. The Kier molecular flexibility index (Phi) is 6.73. The van der Waals surface area contributed by atoms with Crippen molar-refractivity contribution in [1.82, 2.24) is 20.3 Å². The third-order valence-corrected chi connectivity index (χ3v) is 4.69. The van der Waals surface area contributed by atoms with Gasteiger partial charge in [0, 0.05) is 22.8 Å². The molecule has 0 aliphatic carbocycles. The highest BCUT2D eigenvalue weighted by molar-refractivity contribution is 5.91. The van der Waals surface area contributed by atoms with Gasteiger partial charge in [-0.1, -0.05) is 11.8 Å². The minimum Gasteiger partial charge on any atom is -0.455 e. The van der Waals surface area contributed by atoms with E-state index in [1.165, 1.54) is 6.33 Å². The van der Waals surface area contributed by atoms with Gasteiger partial charge in [-0.3, -0.25) is 9.78 Å². The number of carbonyl (C=O) groups excluding carboxylic acids is 1. The van der Waals surface area contributed by atoms with E-state index in [1.54, 1.807) is 12.4 Å². The molecular formula is C25H21N5O3. The minimum absolute atomic E-state index is 0.153. The van der Waals surface area contributed by atoms with E-state index in [-0.39, 0.29) is 6.54 Å². The molecule has 1 amide bonds. The van der Waals surface area contributed by atoms with E-state index in [9.17, 15) is 4.79 Å². The maximum absolute atomic E-state index is 11.1. The van der Waals surface area contributed by atoms with Crippen molar-refractivity contribution in [3.8, 4) is 23.3 Å². The van der Waals surface area contributed by atoms with Gasteiger partial charge in [-0.2, -0.15) is 0 Å². The zero-order valence-corrected chi connectivity index (χ0v) is 17.9. The summed E-state index contributed by atoms with van der Waals surface area (Å²) in [5, 5.41) is 15.4. The first-order valence-electron chi connectivity index (χ1n) is 10.2. The standard InChI is InChI=1S/C25H21N5O3/c1-17-12-19(7-9-23(17)33-20-5-3-10-26-14-20)30-25-21-13-18(4-2-11-27-24(32)15-31)6-8-22(21)28-16-29-25/h3,5-10,12-14,16,31H,11,15H2,1H3,(H,27,32)(H,28,29,30). The number of aromatic nitrogens is 3.